The standard InChI is InChI=1S/C17H22O7/c18-7-13-14(8-19)24-17(16(21)15(13)20)10-2-1-3-11(6-10)23-9-12-4-5-22-12/h1-3,6-7,12-17,19-21H,4-5,8-9H2. The maximum Gasteiger partial charge on any atom is 0.128 e. The molecule has 0 aromatic heterocycles. The summed E-state index contributed by atoms with van der Waals surface area (Å²) in [4.78, 5) is 11.1. The highest BCUT2D eigenvalue weighted by Gasteiger charge is 2.44. The van der Waals surface area contributed by atoms with Crippen molar-refractivity contribution < 1.29 is 34.3 Å². The van der Waals surface area contributed by atoms with E-state index in [1.165, 1.54) is 0 Å². The smallest absolute Gasteiger partial charge is 0.128 e. The molecule has 132 valence electrons. The topological polar surface area (TPSA) is 105 Å². The van der Waals surface area contributed by atoms with Crippen molar-refractivity contribution in [1.82, 2.24) is 0 Å². The number of aliphatic hydroxyl groups excluding tert-OH is 3. The summed E-state index contributed by atoms with van der Waals surface area (Å²) in [5.74, 6) is -0.359. The molecule has 24 heavy (non-hydrogen) atoms. The quantitative estimate of drug-likeness (QED) is 0.618. The van der Waals surface area contributed by atoms with E-state index in [4.69, 9.17) is 14.2 Å². The van der Waals surface area contributed by atoms with Gasteiger partial charge in [0, 0.05) is 13.0 Å². The van der Waals surface area contributed by atoms with Crippen molar-refractivity contribution in [2.45, 2.75) is 36.9 Å². The molecule has 2 aliphatic rings. The van der Waals surface area contributed by atoms with E-state index in [1.807, 2.05) is 0 Å². The van der Waals surface area contributed by atoms with E-state index in [-0.39, 0.29) is 6.10 Å². The molecule has 2 aliphatic heterocycles. The molecule has 3 rings (SSSR count). The van der Waals surface area contributed by atoms with E-state index in [9.17, 15) is 20.1 Å². The first kappa shape index (κ1) is 17.3. The summed E-state index contributed by atoms with van der Waals surface area (Å²) < 4.78 is 16.6. The van der Waals surface area contributed by atoms with Gasteiger partial charge in [-0.1, -0.05) is 12.1 Å². The number of aliphatic hydroxyl groups is 3. The zero-order valence-electron chi connectivity index (χ0n) is 13.2. The molecule has 2 saturated heterocycles. The molecule has 0 aliphatic carbocycles. The van der Waals surface area contributed by atoms with E-state index in [0.717, 1.165) is 13.0 Å². The van der Waals surface area contributed by atoms with Gasteiger partial charge < -0.3 is 34.3 Å². The van der Waals surface area contributed by atoms with Gasteiger partial charge >= 0.3 is 0 Å². The highest BCUT2D eigenvalue weighted by atomic mass is 16.5. The number of carbonyl (C=O) groups is 1. The van der Waals surface area contributed by atoms with Crippen LogP contribution in [-0.2, 0) is 14.3 Å². The molecule has 1 aromatic carbocycles. The Morgan fingerprint density at radius 3 is 2.71 bits per heavy atom. The van der Waals surface area contributed by atoms with Crippen LogP contribution in [-0.4, -0.2) is 65.8 Å². The Kier molecular flexibility index (Phi) is 5.47. The molecule has 7 heteroatoms. The van der Waals surface area contributed by atoms with E-state index >= 15 is 0 Å². The molecule has 0 spiro atoms. The van der Waals surface area contributed by atoms with Crippen LogP contribution in [0.15, 0.2) is 24.3 Å². The number of benzene rings is 1. The minimum Gasteiger partial charge on any atom is -0.491 e. The fraction of sp³-hybridized carbons (Fsp3) is 0.588. The average Bonchev–Trinajstić information content (AvgIpc) is 2.56. The summed E-state index contributed by atoms with van der Waals surface area (Å²) in [7, 11) is 0. The monoisotopic (exact) mass is 338 g/mol. The van der Waals surface area contributed by atoms with Gasteiger partial charge in [0.2, 0.25) is 0 Å². The van der Waals surface area contributed by atoms with Crippen LogP contribution < -0.4 is 4.74 Å². The van der Waals surface area contributed by atoms with E-state index in [0.29, 0.717) is 24.2 Å². The predicted molar refractivity (Wildman–Crippen MR) is 82.6 cm³/mol. The molecule has 1 aromatic rings. The van der Waals surface area contributed by atoms with E-state index < -0.39 is 36.9 Å². The van der Waals surface area contributed by atoms with E-state index in [1.54, 1.807) is 24.3 Å². The van der Waals surface area contributed by atoms with Crippen molar-refractivity contribution in [3.05, 3.63) is 29.8 Å². The van der Waals surface area contributed by atoms with Crippen LogP contribution >= 0.6 is 0 Å². The van der Waals surface area contributed by atoms with Crippen molar-refractivity contribution in [3.63, 3.8) is 0 Å². The van der Waals surface area contributed by atoms with Crippen molar-refractivity contribution in [2.24, 2.45) is 5.92 Å². The van der Waals surface area contributed by atoms with Crippen LogP contribution in [0, 0.1) is 5.92 Å². The minimum absolute atomic E-state index is 0.110. The number of rotatable bonds is 6. The third-order valence-corrected chi connectivity index (χ3v) is 4.56. The summed E-state index contributed by atoms with van der Waals surface area (Å²) in [5, 5.41) is 29.8. The maximum atomic E-state index is 11.1. The summed E-state index contributed by atoms with van der Waals surface area (Å²) in [6.07, 6.45) is -2.69. The molecule has 6 unspecified atom stereocenters. The van der Waals surface area contributed by atoms with Gasteiger partial charge in [0.05, 0.1) is 30.8 Å². The lowest BCUT2D eigenvalue weighted by Crippen LogP contribution is -2.52. The molecule has 0 saturated carbocycles. The SMILES string of the molecule is O=CC1C(CO)OC(c2cccc(OCC3CCO3)c2)C(O)C1O. The highest BCUT2D eigenvalue weighted by molar-refractivity contribution is 5.56. The molecule has 2 fully saturated rings. The minimum atomic E-state index is -1.30. The number of carbonyl (C=O) groups excluding carboxylic acids is 1. The van der Waals surface area contributed by atoms with Crippen LogP contribution in [0.3, 0.4) is 0 Å². The van der Waals surface area contributed by atoms with Crippen LogP contribution in [0.2, 0.25) is 0 Å². The van der Waals surface area contributed by atoms with Gasteiger partial charge in [-0.05, 0) is 17.7 Å². The lowest BCUT2D eigenvalue weighted by atomic mass is 9.85. The fourth-order valence-corrected chi connectivity index (χ4v) is 2.98. The number of hydrogen-bond donors (Lipinski definition) is 3. The molecule has 3 N–H and O–H groups in total. The lowest BCUT2D eigenvalue weighted by Gasteiger charge is -2.40. The average molecular weight is 338 g/mol. The molecule has 0 amide bonds. The van der Waals surface area contributed by atoms with Crippen molar-refractivity contribution in [3.8, 4) is 5.75 Å². The Labute approximate surface area is 139 Å². The number of aldehydes is 1. The third-order valence-electron chi connectivity index (χ3n) is 4.56. The number of ether oxygens (including phenoxy) is 3. The molecule has 2 heterocycles. The zero-order valence-corrected chi connectivity index (χ0v) is 13.2. The van der Waals surface area contributed by atoms with Crippen molar-refractivity contribution >= 4 is 6.29 Å². The summed E-state index contributed by atoms with van der Waals surface area (Å²) in [6.45, 7) is 0.792. The van der Waals surface area contributed by atoms with Gasteiger partial charge in [0.25, 0.3) is 0 Å². The first-order valence-electron chi connectivity index (χ1n) is 8.06. The molecular weight excluding hydrogens is 316 g/mol. The van der Waals surface area contributed by atoms with Crippen LogP contribution in [0.4, 0.5) is 0 Å². The first-order valence-corrected chi connectivity index (χ1v) is 8.06. The highest BCUT2D eigenvalue weighted by Crippen LogP contribution is 2.35. The van der Waals surface area contributed by atoms with Crippen LogP contribution in [0.5, 0.6) is 5.75 Å². The Bertz CT molecular complexity index is 558. The number of hydrogen-bond acceptors (Lipinski definition) is 7. The molecular formula is C17H22O7. The largest absolute Gasteiger partial charge is 0.491 e. The Balaban J connectivity index is 1.73. The second-order valence-corrected chi connectivity index (χ2v) is 6.14. The van der Waals surface area contributed by atoms with E-state index in [2.05, 4.69) is 0 Å². The maximum absolute atomic E-state index is 11.1. The van der Waals surface area contributed by atoms with Crippen LogP contribution in [0.25, 0.3) is 0 Å². The van der Waals surface area contributed by atoms with Gasteiger partial charge in [0.1, 0.15) is 30.9 Å². The van der Waals surface area contributed by atoms with Gasteiger partial charge in [-0.25, -0.2) is 0 Å². The van der Waals surface area contributed by atoms with Gasteiger partial charge in [-0.2, -0.15) is 0 Å². The molecule has 6 atom stereocenters. The van der Waals surface area contributed by atoms with Gasteiger partial charge in [-0.15, -0.1) is 0 Å². The van der Waals surface area contributed by atoms with Gasteiger partial charge in [-0.3, -0.25) is 0 Å². The van der Waals surface area contributed by atoms with Gasteiger partial charge in [0.15, 0.2) is 0 Å². The predicted octanol–water partition coefficient (Wildman–Crippen LogP) is -0.177. The first-order chi connectivity index (χ1) is 11.6. The second kappa shape index (κ2) is 7.58. The summed E-state index contributed by atoms with van der Waals surface area (Å²) in [6, 6.07) is 7.00. The third kappa shape index (κ3) is 3.45. The molecule has 0 bridgehead atoms. The Morgan fingerprint density at radius 2 is 2.08 bits per heavy atom. The zero-order chi connectivity index (χ0) is 17.1. The normalized spacial score (nSPS) is 36.0. The summed E-state index contributed by atoms with van der Waals surface area (Å²) in [5.41, 5.74) is 0.608. The van der Waals surface area contributed by atoms with Crippen molar-refractivity contribution in [2.75, 3.05) is 19.8 Å². The Morgan fingerprint density at radius 1 is 1.29 bits per heavy atom. The lowest BCUT2D eigenvalue weighted by molar-refractivity contribution is -0.206. The summed E-state index contributed by atoms with van der Waals surface area (Å²) >= 11 is 0. The molecule has 7 nitrogen and oxygen atoms in total. The van der Waals surface area contributed by atoms with Crippen molar-refractivity contribution in [1.29, 1.82) is 0 Å². The molecule has 0 radical (unpaired) electrons. The second-order valence-electron chi connectivity index (χ2n) is 6.14. The van der Waals surface area contributed by atoms with Crippen LogP contribution in [0.1, 0.15) is 18.1 Å². The Hall–Kier alpha value is -1.51. The fourth-order valence-electron chi connectivity index (χ4n) is 2.98.